The maximum absolute atomic E-state index is 5.18. The van der Waals surface area contributed by atoms with Gasteiger partial charge in [-0.3, -0.25) is 0 Å². The van der Waals surface area contributed by atoms with Crippen LogP contribution in [-0.4, -0.2) is 19.4 Å². The highest BCUT2D eigenvalue weighted by atomic mass is 14.9. The third-order valence-corrected chi connectivity index (χ3v) is 1.65. The molecule has 0 atom stereocenters. The zero-order valence-electron chi connectivity index (χ0n) is 6.22. The minimum atomic E-state index is 0.951. The molecule has 1 heterocycles. The van der Waals surface area contributed by atoms with E-state index in [0.29, 0.717) is 0 Å². The fraction of sp³-hybridized carbons (Fsp3) is 0.571. The van der Waals surface area contributed by atoms with Crippen molar-refractivity contribution in [1.82, 2.24) is 5.32 Å². The summed E-state index contributed by atoms with van der Waals surface area (Å²) in [4.78, 5) is 4.06. The third kappa shape index (κ3) is 1.57. The van der Waals surface area contributed by atoms with Crippen LogP contribution in [0, 0.1) is 0 Å². The van der Waals surface area contributed by atoms with Gasteiger partial charge in [-0.2, -0.15) is 0 Å². The van der Waals surface area contributed by atoms with Crippen LogP contribution >= 0.6 is 0 Å². The summed E-state index contributed by atoms with van der Waals surface area (Å²) in [5, 5.41) is 3.25. The van der Waals surface area contributed by atoms with Crippen molar-refractivity contribution in [2.24, 2.45) is 10.7 Å². The Morgan fingerprint density at radius 1 is 1.70 bits per heavy atom. The molecule has 3 heteroatoms. The van der Waals surface area contributed by atoms with Crippen molar-refractivity contribution in [3.05, 3.63) is 11.3 Å². The summed E-state index contributed by atoms with van der Waals surface area (Å²) in [7, 11) is 0. The van der Waals surface area contributed by atoms with E-state index in [9.17, 15) is 0 Å². The van der Waals surface area contributed by atoms with Crippen LogP contribution in [0.5, 0.6) is 0 Å². The minimum absolute atomic E-state index is 0.951. The van der Waals surface area contributed by atoms with Crippen molar-refractivity contribution in [3.8, 4) is 0 Å². The Hall–Kier alpha value is -0.830. The van der Waals surface area contributed by atoms with Gasteiger partial charge in [0.05, 0.1) is 6.34 Å². The molecule has 56 valence electrons. The van der Waals surface area contributed by atoms with E-state index in [1.54, 1.807) is 0 Å². The molecule has 1 aliphatic rings. The summed E-state index contributed by atoms with van der Waals surface area (Å²) in [6.45, 7) is 4.05. The van der Waals surface area contributed by atoms with Crippen molar-refractivity contribution in [1.29, 1.82) is 0 Å². The smallest absolute Gasteiger partial charge is 0.0856 e. The van der Waals surface area contributed by atoms with E-state index in [-0.39, 0.29) is 0 Å². The normalized spacial score (nSPS) is 20.5. The monoisotopic (exact) mass is 139 g/mol. The first-order valence-corrected chi connectivity index (χ1v) is 3.48. The fourth-order valence-electron chi connectivity index (χ4n) is 1.06. The SMILES string of the molecule is CC1=C(N=CN)CCNC1. The second-order valence-electron chi connectivity index (χ2n) is 2.43. The van der Waals surface area contributed by atoms with Gasteiger partial charge in [0.2, 0.25) is 0 Å². The van der Waals surface area contributed by atoms with Crippen LogP contribution in [-0.2, 0) is 0 Å². The topological polar surface area (TPSA) is 50.4 Å². The largest absolute Gasteiger partial charge is 0.390 e. The molecule has 10 heavy (non-hydrogen) atoms. The fourth-order valence-corrected chi connectivity index (χ4v) is 1.06. The molecular formula is C7H13N3. The average molecular weight is 139 g/mol. The molecule has 0 radical (unpaired) electrons. The summed E-state index contributed by atoms with van der Waals surface area (Å²) >= 11 is 0. The van der Waals surface area contributed by atoms with E-state index < -0.39 is 0 Å². The molecule has 0 spiro atoms. The number of hydrogen-bond acceptors (Lipinski definition) is 2. The van der Waals surface area contributed by atoms with Gasteiger partial charge in [-0.25, -0.2) is 4.99 Å². The highest BCUT2D eigenvalue weighted by Gasteiger charge is 2.05. The zero-order valence-corrected chi connectivity index (χ0v) is 6.22. The number of rotatable bonds is 1. The van der Waals surface area contributed by atoms with Gasteiger partial charge >= 0.3 is 0 Å². The van der Waals surface area contributed by atoms with E-state index in [4.69, 9.17) is 5.73 Å². The molecule has 3 N–H and O–H groups in total. The van der Waals surface area contributed by atoms with Gasteiger partial charge < -0.3 is 11.1 Å². The number of nitrogens with two attached hydrogens (primary N) is 1. The summed E-state index contributed by atoms with van der Waals surface area (Å²) in [6, 6.07) is 0. The quantitative estimate of drug-likeness (QED) is 0.404. The van der Waals surface area contributed by atoms with Gasteiger partial charge in [0.25, 0.3) is 0 Å². The van der Waals surface area contributed by atoms with Gasteiger partial charge in [-0.15, -0.1) is 0 Å². The molecule has 1 aliphatic heterocycles. The van der Waals surface area contributed by atoms with Crippen LogP contribution in [0.3, 0.4) is 0 Å². The van der Waals surface area contributed by atoms with Gasteiger partial charge in [0, 0.05) is 25.2 Å². The summed E-state index contributed by atoms with van der Waals surface area (Å²) < 4.78 is 0. The molecule has 3 nitrogen and oxygen atoms in total. The number of hydrogen-bond donors (Lipinski definition) is 2. The standard InChI is InChI=1S/C7H13N3/c1-6-4-9-3-2-7(6)10-5-8/h5,9H,2-4H2,1H3,(H2,8,10). The summed E-state index contributed by atoms with van der Waals surface area (Å²) in [6.07, 6.45) is 2.36. The molecule has 0 saturated carbocycles. The zero-order chi connectivity index (χ0) is 7.40. The number of aliphatic imine (C=N–C) groups is 1. The maximum atomic E-state index is 5.18. The lowest BCUT2D eigenvalue weighted by atomic mass is 10.1. The van der Waals surface area contributed by atoms with Crippen LogP contribution in [0.25, 0.3) is 0 Å². The molecule has 0 unspecified atom stereocenters. The maximum Gasteiger partial charge on any atom is 0.0856 e. The van der Waals surface area contributed by atoms with Crippen LogP contribution in [0.15, 0.2) is 16.3 Å². The predicted molar refractivity (Wildman–Crippen MR) is 42.9 cm³/mol. The molecular weight excluding hydrogens is 126 g/mol. The molecule has 0 aliphatic carbocycles. The van der Waals surface area contributed by atoms with Crippen LogP contribution in [0.2, 0.25) is 0 Å². The molecule has 0 bridgehead atoms. The van der Waals surface area contributed by atoms with Crippen LogP contribution in [0.4, 0.5) is 0 Å². The second kappa shape index (κ2) is 3.37. The molecule has 0 fully saturated rings. The number of nitrogens with one attached hydrogen (secondary N) is 1. The third-order valence-electron chi connectivity index (χ3n) is 1.65. The Labute approximate surface area is 61.0 Å². The Morgan fingerprint density at radius 2 is 2.50 bits per heavy atom. The molecule has 0 aromatic carbocycles. The van der Waals surface area contributed by atoms with Crippen molar-refractivity contribution in [2.75, 3.05) is 13.1 Å². The van der Waals surface area contributed by atoms with E-state index >= 15 is 0 Å². The molecule has 0 amide bonds. The Bertz CT molecular complexity index is 170. The minimum Gasteiger partial charge on any atom is -0.390 e. The second-order valence-corrected chi connectivity index (χ2v) is 2.43. The molecule has 0 aromatic heterocycles. The lowest BCUT2D eigenvalue weighted by Crippen LogP contribution is -2.23. The van der Waals surface area contributed by atoms with Crippen molar-refractivity contribution < 1.29 is 0 Å². The van der Waals surface area contributed by atoms with Gasteiger partial charge in [-0.1, -0.05) is 0 Å². The lowest BCUT2D eigenvalue weighted by Gasteiger charge is -2.14. The summed E-state index contributed by atoms with van der Waals surface area (Å²) in [5.41, 5.74) is 7.61. The molecule has 0 saturated heterocycles. The first kappa shape index (κ1) is 7.28. The van der Waals surface area contributed by atoms with Gasteiger partial charge in [-0.05, 0) is 12.5 Å². The van der Waals surface area contributed by atoms with Crippen LogP contribution < -0.4 is 11.1 Å². The lowest BCUT2D eigenvalue weighted by molar-refractivity contribution is 0.672. The van der Waals surface area contributed by atoms with E-state index in [2.05, 4.69) is 17.2 Å². The van der Waals surface area contributed by atoms with E-state index in [0.717, 1.165) is 25.2 Å². The van der Waals surface area contributed by atoms with Gasteiger partial charge in [0.1, 0.15) is 0 Å². The highest BCUT2D eigenvalue weighted by molar-refractivity contribution is 5.53. The first-order valence-electron chi connectivity index (χ1n) is 3.48. The van der Waals surface area contributed by atoms with Crippen LogP contribution in [0.1, 0.15) is 13.3 Å². The summed E-state index contributed by atoms with van der Waals surface area (Å²) in [5.74, 6) is 0. The molecule has 0 aromatic rings. The van der Waals surface area contributed by atoms with Crippen molar-refractivity contribution in [3.63, 3.8) is 0 Å². The average Bonchev–Trinajstić information content (AvgIpc) is 1.94. The predicted octanol–water partition coefficient (Wildman–Crippen LogP) is 0.241. The highest BCUT2D eigenvalue weighted by Crippen LogP contribution is 2.11. The van der Waals surface area contributed by atoms with Gasteiger partial charge in [0.15, 0.2) is 0 Å². The Kier molecular flexibility index (Phi) is 2.45. The Morgan fingerprint density at radius 3 is 3.10 bits per heavy atom. The van der Waals surface area contributed by atoms with E-state index in [1.807, 2.05) is 0 Å². The Balaban J connectivity index is 2.68. The van der Waals surface area contributed by atoms with Crippen molar-refractivity contribution >= 4 is 6.34 Å². The number of nitrogens with zero attached hydrogens (tertiary/aromatic N) is 1. The first-order chi connectivity index (χ1) is 4.84. The van der Waals surface area contributed by atoms with Crippen molar-refractivity contribution in [2.45, 2.75) is 13.3 Å². The molecule has 1 rings (SSSR count). The van der Waals surface area contributed by atoms with E-state index in [1.165, 1.54) is 11.9 Å².